The van der Waals surface area contributed by atoms with Crippen molar-refractivity contribution in [2.75, 3.05) is 26.2 Å². The molecule has 1 saturated carbocycles. The van der Waals surface area contributed by atoms with Crippen LogP contribution >= 0.6 is 12.4 Å². The molecular weight excluding hydrogens is 338 g/mol. The van der Waals surface area contributed by atoms with Gasteiger partial charge in [0, 0.05) is 30.6 Å². The van der Waals surface area contributed by atoms with Gasteiger partial charge in [0.25, 0.3) is 0 Å². The van der Waals surface area contributed by atoms with Gasteiger partial charge in [0.05, 0.1) is 6.61 Å². The van der Waals surface area contributed by atoms with Crippen LogP contribution in [0.15, 0.2) is 18.2 Å². The van der Waals surface area contributed by atoms with Crippen LogP contribution in [0, 0.1) is 11.6 Å². The van der Waals surface area contributed by atoms with E-state index in [1.54, 1.807) is 0 Å². The Morgan fingerprint density at radius 3 is 2.54 bits per heavy atom. The Morgan fingerprint density at radius 2 is 1.96 bits per heavy atom. The Hall–Kier alpha value is -1.24. The average molecular weight is 361 g/mol. The molecule has 0 bridgehead atoms. The number of ether oxygens (including phenoxy) is 1. The summed E-state index contributed by atoms with van der Waals surface area (Å²) < 4.78 is 33.9. The van der Waals surface area contributed by atoms with Gasteiger partial charge in [0.2, 0.25) is 5.91 Å². The van der Waals surface area contributed by atoms with Crippen LogP contribution in [0.4, 0.5) is 8.78 Å². The number of carbonyl (C=O) groups is 1. The third-order valence-corrected chi connectivity index (χ3v) is 4.87. The van der Waals surface area contributed by atoms with Crippen LogP contribution in [0.2, 0.25) is 0 Å². The fraction of sp³-hybridized carbons (Fsp3) is 0.588. The molecule has 1 amide bonds. The van der Waals surface area contributed by atoms with Crippen molar-refractivity contribution < 1.29 is 18.3 Å². The Morgan fingerprint density at radius 1 is 1.29 bits per heavy atom. The van der Waals surface area contributed by atoms with Gasteiger partial charge in [-0.2, -0.15) is 0 Å². The molecule has 2 fully saturated rings. The van der Waals surface area contributed by atoms with Crippen LogP contribution in [0.1, 0.15) is 31.2 Å². The summed E-state index contributed by atoms with van der Waals surface area (Å²) >= 11 is 0. The van der Waals surface area contributed by atoms with Gasteiger partial charge >= 0.3 is 0 Å². The summed E-state index contributed by atoms with van der Waals surface area (Å²) in [6.07, 6.45) is 2.63. The molecule has 4 nitrogen and oxygen atoms in total. The molecule has 1 heterocycles. The minimum Gasteiger partial charge on any atom is -0.366 e. The smallest absolute Gasteiger partial charge is 0.250 e. The first-order chi connectivity index (χ1) is 11.1. The molecule has 7 heteroatoms. The SMILES string of the molecule is Cl.O=C(NCC1(c2c(F)cccc2F)CCCC1)C1CNCCO1. The lowest BCUT2D eigenvalue weighted by Crippen LogP contribution is -2.50. The number of morpholine rings is 1. The predicted molar refractivity (Wildman–Crippen MR) is 89.4 cm³/mol. The van der Waals surface area contributed by atoms with Crippen LogP contribution in [0.3, 0.4) is 0 Å². The van der Waals surface area contributed by atoms with Gasteiger partial charge in [0.15, 0.2) is 0 Å². The molecule has 1 atom stereocenters. The molecule has 134 valence electrons. The number of carbonyl (C=O) groups excluding carboxylic acids is 1. The summed E-state index contributed by atoms with van der Waals surface area (Å²) in [5, 5.41) is 5.95. The topological polar surface area (TPSA) is 50.4 Å². The maximum Gasteiger partial charge on any atom is 0.250 e. The zero-order chi connectivity index (χ0) is 16.3. The molecule has 1 aliphatic heterocycles. The number of benzene rings is 1. The van der Waals surface area contributed by atoms with Crippen molar-refractivity contribution in [2.24, 2.45) is 0 Å². The van der Waals surface area contributed by atoms with E-state index in [2.05, 4.69) is 10.6 Å². The van der Waals surface area contributed by atoms with E-state index in [1.807, 2.05) is 0 Å². The lowest BCUT2D eigenvalue weighted by molar-refractivity contribution is -0.134. The van der Waals surface area contributed by atoms with Crippen LogP contribution in [-0.4, -0.2) is 38.3 Å². The fourth-order valence-electron chi connectivity index (χ4n) is 3.68. The van der Waals surface area contributed by atoms with Gasteiger partial charge in [0.1, 0.15) is 17.7 Å². The van der Waals surface area contributed by atoms with Crippen LogP contribution in [0.5, 0.6) is 0 Å². The van der Waals surface area contributed by atoms with E-state index in [1.165, 1.54) is 18.2 Å². The first-order valence-electron chi connectivity index (χ1n) is 8.17. The maximum absolute atomic E-state index is 14.2. The number of amides is 1. The number of rotatable bonds is 4. The lowest BCUT2D eigenvalue weighted by Gasteiger charge is -2.32. The van der Waals surface area contributed by atoms with Crippen molar-refractivity contribution in [1.29, 1.82) is 0 Å². The van der Waals surface area contributed by atoms with Crippen LogP contribution in [-0.2, 0) is 14.9 Å². The van der Waals surface area contributed by atoms with Gasteiger partial charge < -0.3 is 15.4 Å². The van der Waals surface area contributed by atoms with E-state index in [-0.39, 0.29) is 30.4 Å². The summed E-state index contributed by atoms with van der Waals surface area (Å²) in [4.78, 5) is 12.2. The quantitative estimate of drug-likeness (QED) is 0.866. The van der Waals surface area contributed by atoms with Gasteiger partial charge in [-0.05, 0) is 25.0 Å². The van der Waals surface area contributed by atoms with Crippen LogP contribution < -0.4 is 10.6 Å². The highest BCUT2D eigenvalue weighted by Crippen LogP contribution is 2.42. The molecule has 1 unspecified atom stereocenters. The number of hydrogen-bond acceptors (Lipinski definition) is 3. The average Bonchev–Trinajstić information content (AvgIpc) is 3.03. The highest BCUT2D eigenvalue weighted by atomic mass is 35.5. The second-order valence-electron chi connectivity index (χ2n) is 6.37. The zero-order valence-electron chi connectivity index (χ0n) is 13.4. The highest BCUT2D eigenvalue weighted by Gasteiger charge is 2.40. The summed E-state index contributed by atoms with van der Waals surface area (Å²) in [5.74, 6) is -1.28. The Balaban J connectivity index is 0.00000208. The Kier molecular flexibility index (Phi) is 6.54. The zero-order valence-corrected chi connectivity index (χ0v) is 14.3. The van der Waals surface area contributed by atoms with Crippen molar-refractivity contribution in [3.8, 4) is 0 Å². The molecule has 1 aromatic rings. The van der Waals surface area contributed by atoms with E-state index in [0.717, 1.165) is 19.4 Å². The molecule has 0 aromatic heterocycles. The van der Waals surface area contributed by atoms with E-state index in [4.69, 9.17) is 4.74 Å². The minimum atomic E-state index is -0.660. The number of nitrogens with one attached hydrogen (secondary N) is 2. The molecule has 2 N–H and O–H groups in total. The molecule has 0 spiro atoms. The number of hydrogen-bond donors (Lipinski definition) is 2. The molecule has 1 aromatic carbocycles. The van der Waals surface area contributed by atoms with Crippen molar-refractivity contribution in [3.05, 3.63) is 35.4 Å². The van der Waals surface area contributed by atoms with E-state index in [0.29, 0.717) is 26.0 Å². The first-order valence-corrected chi connectivity index (χ1v) is 8.17. The van der Waals surface area contributed by atoms with Crippen LogP contribution in [0.25, 0.3) is 0 Å². The van der Waals surface area contributed by atoms with Crippen molar-refractivity contribution in [2.45, 2.75) is 37.2 Å². The molecule has 1 aliphatic carbocycles. The molecule has 3 rings (SSSR count). The summed E-state index contributed by atoms with van der Waals surface area (Å²) in [7, 11) is 0. The van der Waals surface area contributed by atoms with Gasteiger partial charge in [-0.15, -0.1) is 12.4 Å². The van der Waals surface area contributed by atoms with Crippen molar-refractivity contribution >= 4 is 18.3 Å². The minimum absolute atomic E-state index is 0. The summed E-state index contributed by atoms with van der Waals surface area (Å²) in [5.41, 5.74) is -0.548. The molecule has 24 heavy (non-hydrogen) atoms. The van der Waals surface area contributed by atoms with Gasteiger partial charge in [-0.3, -0.25) is 4.79 Å². The number of halogens is 3. The standard InChI is InChI=1S/C17H22F2N2O2.ClH/c18-12-4-3-5-13(19)15(12)17(6-1-2-7-17)11-21-16(22)14-10-20-8-9-23-14;/h3-5,14,20H,1-2,6-11H2,(H,21,22);1H. The van der Waals surface area contributed by atoms with E-state index < -0.39 is 23.2 Å². The monoisotopic (exact) mass is 360 g/mol. The second-order valence-corrected chi connectivity index (χ2v) is 6.37. The molecule has 0 radical (unpaired) electrons. The fourth-order valence-corrected chi connectivity index (χ4v) is 3.68. The highest BCUT2D eigenvalue weighted by molar-refractivity contribution is 5.85. The Labute approximate surface area is 146 Å². The van der Waals surface area contributed by atoms with Crippen molar-refractivity contribution in [1.82, 2.24) is 10.6 Å². The third kappa shape index (κ3) is 3.87. The normalized spacial score (nSPS) is 22.7. The van der Waals surface area contributed by atoms with Gasteiger partial charge in [-0.1, -0.05) is 18.9 Å². The lowest BCUT2D eigenvalue weighted by atomic mass is 9.78. The van der Waals surface area contributed by atoms with E-state index >= 15 is 0 Å². The van der Waals surface area contributed by atoms with Gasteiger partial charge in [-0.25, -0.2) is 8.78 Å². The van der Waals surface area contributed by atoms with E-state index in [9.17, 15) is 13.6 Å². The third-order valence-electron chi connectivity index (χ3n) is 4.87. The second kappa shape index (κ2) is 8.23. The molecule has 2 aliphatic rings. The summed E-state index contributed by atoms with van der Waals surface area (Å²) in [6, 6.07) is 3.94. The summed E-state index contributed by atoms with van der Waals surface area (Å²) in [6.45, 7) is 1.93. The van der Waals surface area contributed by atoms with Crippen molar-refractivity contribution in [3.63, 3.8) is 0 Å². The molecule has 1 saturated heterocycles. The largest absolute Gasteiger partial charge is 0.366 e. The molecular formula is C17H23ClF2N2O2. The Bertz CT molecular complexity index is 553. The maximum atomic E-state index is 14.2. The predicted octanol–water partition coefficient (Wildman–Crippen LogP) is 2.30. The first kappa shape index (κ1) is 19.1.